The zero-order valence-corrected chi connectivity index (χ0v) is 16.5. The lowest BCUT2D eigenvalue weighted by molar-refractivity contribution is -0.123. The van der Waals surface area contributed by atoms with Crippen molar-refractivity contribution in [2.75, 3.05) is 41.8 Å². The zero-order chi connectivity index (χ0) is 22.2. The number of carbonyl (C=O) groups excluding carboxylic acids is 2. The van der Waals surface area contributed by atoms with E-state index in [4.69, 9.17) is 0 Å². The summed E-state index contributed by atoms with van der Waals surface area (Å²) in [7, 11) is 1.72. The Labute approximate surface area is 175 Å². The minimum atomic E-state index is -4.54. The summed E-state index contributed by atoms with van der Waals surface area (Å²) in [5.41, 5.74) is -0.390. The largest absolute Gasteiger partial charge is 0.405 e. The number of urea groups is 1. The lowest BCUT2D eigenvalue weighted by Gasteiger charge is -2.44. The number of aromatic nitrogens is 2. The molecule has 2 aliphatic rings. The van der Waals surface area contributed by atoms with Gasteiger partial charge in [-0.3, -0.25) is 20.3 Å². The fourth-order valence-corrected chi connectivity index (χ4v) is 3.84. The molecule has 31 heavy (non-hydrogen) atoms. The summed E-state index contributed by atoms with van der Waals surface area (Å²) in [5, 5.41) is 7.70. The van der Waals surface area contributed by atoms with Crippen LogP contribution in [0.1, 0.15) is 16.9 Å². The number of halogens is 3. The van der Waals surface area contributed by atoms with Gasteiger partial charge in [-0.15, -0.1) is 0 Å². The van der Waals surface area contributed by atoms with Crippen molar-refractivity contribution in [3.63, 3.8) is 0 Å². The van der Waals surface area contributed by atoms with Crippen molar-refractivity contribution in [3.8, 4) is 0 Å². The number of amides is 3. The number of anilines is 3. The van der Waals surface area contributed by atoms with E-state index in [0.29, 0.717) is 31.0 Å². The third-order valence-corrected chi connectivity index (χ3v) is 5.33. The third kappa shape index (κ3) is 3.98. The average molecular weight is 435 g/mol. The van der Waals surface area contributed by atoms with Gasteiger partial charge in [-0.2, -0.15) is 13.2 Å². The van der Waals surface area contributed by atoms with Crippen molar-refractivity contribution < 1.29 is 22.8 Å². The van der Waals surface area contributed by atoms with Crippen LogP contribution in [0.15, 0.2) is 36.5 Å². The van der Waals surface area contributed by atoms with Crippen LogP contribution in [0, 0.1) is 0 Å². The highest BCUT2D eigenvalue weighted by Crippen LogP contribution is 2.43. The molecule has 2 aromatic heterocycles. The number of alkyl halides is 3. The molecule has 164 valence electrons. The Balaban J connectivity index is 1.69. The van der Waals surface area contributed by atoms with Gasteiger partial charge in [0.25, 0.3) is 5.91 Å². The van der Waals surface area contributed by atoms with E-state index in [-0.39, 0.29) is 11.5 Å². The summed E-state index contributed by atoms with van der Waals surface area (Å²) in [5.74, 6) is -0.456. The van der Waals surface area contributed by atoms with E-state index in [0.717, 1.165) is 0 Å². The maximum Gasteiger partial charge on any atom is 0.405 e. The second kappa shape index (κ2) is 7.69. The van der Waals surface area contributed by atoms with Crippen LogP contribution in [0.3, 0.4) is 0 Å². The first-order valence-corrected chi connectivity index (χ1v) is 9.54. The molecule has 3 amide bonds. The summed E-state index contributed by atoms with van der Waals surface area (Å²) >= 11 is 0. The molecule has 0 saturated carbocycles. The van der Waals surface area contributed by atoms with Crippen molar-refractivity contribution in [1.82, 2.24) is 20.6 Å². The van der Waals surface area contributed by atoms with Gasteiger partial charge in [0.2, 0.25) is 0 Å². The molecule has 0 aromatic carbocycles. The van der Waals surface area contributed by atoms with E-state index in [2.05, 4.69) is 20.6 Å². The van der Waals surface area contributed by atoms with Crippen molar-refractivity contribution in [1.29, 1.82) is 0 Å². The van der Waals surface area contributed by atoms with Gasteiger partial charge in [0.15, 0.2) is 5.82 Å². The molecule has 4 rings (SSSR count). The Kier molecular flexibility index (Phi) is 5.17. The topological polar surface area (TPSA) is 102 Å². The molecule has 2 aromatic rings. The molecule has 1 fully saturated rings. The number of pyridine rings is 2. The van der Waals surface area contributed by atoms with Crippen LogP contribution >= 0.6 is 0 Å². The summed E-state index contributed by atoms with van der Waals surface area (Å²) < 4.78 is 37.4. The van der Waals surface area contributed by atoms with Gasteiger partial charge in [0.05, 0.1) is 12.2 Å². The highest BCUT2D eigenvalue weighted by Gasteiger charge is 2.51. The van der Waals surface area contributed by atoms with Gasteiger partial charge < -0.3 is 10.2 Å². The number of rotatable bonds is 4. The monoisotopic (exact) mass is 435 g/mol. The van der Waals surface area contributed by atoms with E-state index in [9.17, 15) is 22.8 Å². The quantitative estimate of drug-likeness (QED) is 0.679. The Hall–Kier alpha value is -3.41. The van der Waals surface area contributed by atoms with Crippen molar-refractivity contribution >= 4 is 29.3 Å². The molecule has 0 unspecified atom stereocenters. The highest BCUT2D eigenvalue weighted by molar-refractivity contribution is 6.05. The zero-order valence-electron chi connectivity index (χ0n) is 16.5. The van der Waals surface area contributed by atoms with Gasteiger partial charge in [0, 0.05) is 19.2 Å². The van der Waals surface area contributed by atoms with Crippen LogP contribution in [0.2, 0.25) is 0 Å². The normalized spacial score (nSPS) is 19.7. The van der Waals surface area contributed by atoms with Crippen molar-refractivity contribution in [2.45, 2.75) is 18.3 Å². The fourth-order valence-electron chi connectivity index (χ4n) is 3.84. The van der Waals surface area contributed by atoms with Gasteiger partial charge in [-0.1, -0.05) is 6.07 Å². The van der Waals surface area contributed by atoms with E-state index in [1.54, 1.807) is 36.6 Å². The number of nitrogens with zero attached hydrogens (tertiary/aromatic N) is 4. The number of carbonyl (C=O) groups is 2. The molecule has 3 N–H and O–H groups in total. The number of hydrogen-bond acceptors (Lipinski definition) is 6. The number of hydrogen-bond donors (Lipinski definition) is 3. The second-order valence-electron chi connectivity index (χ2n) is 7.27. The van der Waals surface area contributed by atoms with Crippen molar-refractivity contribution in [3.05, 3.63) is 42.2 Å². The smallest absolute Gasteiger partial charge is 0.365 e. The van der Waals surface area contributed by atoms with Gasteiger partial charge in [0.1, 0.15) is 23.7 Å². The predicted octanol–water partition coefficient (Wildman–Crippen LogP) is 1.95. The molecule has 2 bridgehead atoms. The van der Waals surface area contributed by atoms with Crippen molar-refractivity contribution in [2.24, 2.45) is 0 Å². The lowest BCUT2D eigenvalue weighted by Crippen LogP contribution is -2.65. The molecule has 1 saturated heterocycles. The summed E-state index contributed by atoms with van der Waals surface area (Å²) in [6.45, 7) is -0.336. The Morgan fingerprint density at radius 1 is 1.23 bits per heavy atom. The second-order valence-corrected chi connectivity index (χ2v) is 7.27. The van der Waals surface area contributed by atoms with Crippen LogP contribution in [0.5, 0.6) is 0 Å². The maximum absolute atomic E-state index is 13.2. The fraction of sp³-hybridized carbons (Fsp3) is 0.368. The number of fused-ring (bicyclic) bond motifs is 4. The van der Waals surface area contributed by atoms with Crippen LogP contribution in [-0.4, -0.2) is 60.4 Å². The Morgan fingerprint density at radius 3 is 2.71 bits per heavy atom. The number of nitrogens with one attached hydrogen (secondary N) is 3. The maximum atomic E-state index is 13.2. The van der Waals surface area contributed by atoms with E-state index in [1.807, 2.05) is 4.90 Å². The summed E-state index contributed by atoms with van der Waals surface area (Å²) in [4.78, 5) is 37.3. The molecule has 12 heteroatoms. The molecule has 4 heterocycles. The minimum absolute atomic E-state index is 0.186. The Bertz CT molecular complexity index is 1000. The molecule has 2 aliphatic heterocycles. The predicted molar refractivity (Wildman–Crippen MR) is 107 cm³/mol. The third-order valence-electron chi connectivity index (χ3n) is 5.33. The first-order valence-electron chi connectivity index (χ1n) is 9.54. The lowest BCUT2D eigenvalue weighted by atomic mass is 10.1. The first-order chi connectivity index (χ1) is 14.7. The van der Waals surface area contributed by atoms with Crippen LogP contribution in [0.4, 0.5) is 35.3 Å². The van der Waals surface area contributed by atoms with Crippen LogP contribution in [-0.2, 0) is 0 Å². The van der Waals surface area contributed by atoms with Gasteiger partial charge >= 0.3 is 12.2 Å². The van der Waals surface area contributed by atoms with E-state index >= 15 is 0 Å². The molecule has 0 radical (unpaired) electrons. The Morgan fingerprint density at radius 2 is 2.03 bits per heavy atom. The molecule has 1 atom stereocenters. The highest BCUT2D eigenvalue weighted by atomic mass is 19.4. The molecule has 9 nitrogen and oxygen atoms in total. The van der Waals surface area contributed by atoms with E-state index < -0.39 is 30.3 Å². The molecule has 0 spiro atoms. The van der Waals surface area contributed by atoms with E-state index in [1.165, 1.54) is 17.2 Å². The van der Waals surface area contributed by atoms with Gasteiger partial charge in [-0.05, 0) is 31.3 Å². The SMILES string of the molecule is CN[C@]12CCN(C1)c1ccc(C(=O)NCC(F)(F)F)nc1N2C(=O)Nc1ccccn1. The first kappa shape index (κ1) is 20.8. The van der Waals surface area contributed by atoms with Crippen LogP contribution < -0.4 is 25.8 Å². The summed E-state index contributed by atoms with van der Waals surface area (Å²) in [6.07, 6.45) is -2.42. The molecular weight excluding hydrogens is 415 g/mol. The summed E-state index contributed by atoms with van der Waals surface area (Å²) in [6, 6.07) is 7.49. The molecular formula is C19H20F3N7O2. The minimum Gasteiger partial charge on any atom is -0.365 e. The standard InChI is InChI=1S/C19H20F3N7O2/c1-23-18-7-9-28(11-18)13-6-5-12(16(30)25-10-19(20,21)22)26-15(13)29(18)17(31)27-14-4-2-3-8-24-14/h2-6,8,23H,7,9-11H2,1H3,(H,25,30)(H,24,27,31)/t18-/m0/s1. The van der Waals surface area contributed by atoms with Crippen LogP contribution in [0.25, 0.3) is 0 Å². The molecule has 0 aliphatic carbocycles. The van der Waals surface area contributed by atoms with Gasteiger partial charge in [-0.25, -0.2) is 14.8 Å². The number of likely N-dealkylation sites (N-methyl/N-ethyl adjacent to an activating group) is 1. The average Bonchev–Trinajstić information content (AvgIpc) is 3.12.